The lowest BCUT2D eigenvalue weighted by Crippen LogP contribution is -2.02. The summed E-state index contributed by atoms with van der Waals surface area (Å²) in [6.07, 6.45) is 0. The molecular weight excluding hydrogens is 346 g/mol. The van der Waals surface area contributed by atoms with E-state index in [2.05, 4.69) is 67.1 Å². The first-order chi connectivity index (χ1) is 10.3. The quantitative estimate of drug-likeness (QED) is 0.633. The van der Waals surface area contributed by atoms with E-state index in [1.54, 1.807) is 11.8 Å². The Balaban J connectivity index is 1.74. The van der Waals surface area contributed by atoms with Crippen molar-refractivity contribution in [1.82, 2.24) is 14.8 Å². The first kappa shape index (κ1) is 14.4. The fourth-order valence-corrected chi connectivity index (χ4v) is 3.38. The van der Waals surface area contributed by atoms with Crippen LogP contribution in [0.2, 0.25) is 0 Å². The summed E-state index contributed by atoms with van der Waals surface area (Å²) in [5.74, 6) is 0.890. The van der Waals surface area contributed by atoms with Gasteiger partial charge in [-0.2, -0.15) is 0 Å². The summed E-state index contributed by atoms with van der Waals surface area (Å²) in [5, 5.41) is 9.32. The molecule has 0 unspecified atom stereocenters. The van der Waals surface area contributed by atoms with E-state index in [4.69, 9.17) is 0 Å². The molecule has 0 fully saturated rings. The van der Waals surface area contributed by atoms with Crippen LogP contribution in [0.5, 0.6) is 0 Å². The molecule has 1 heterocycles. The largest absolute Gasteiger partial charge is 0.292 e. The van der Waals surface area contributed by atoms with Crippen molar-refractivity contribution < 1.29 is 0 Å². The van der Waals surface area contributed by atoms with Crippen LogP contribution in [0.15, 0.2) is 70.6 Å². The first-order valence-electron chi connectivity index (χ1n) is 6.62. The minimum absolute atomic E-state index is 0.766. The molecule has 0 saturated carbocycles. The van der Waals surface area contributed by atoms with Crippen molar-refractivity contribution in [3.63, 3.8) is 0 Å². The predicted molar refractivity (Wildman–Crippen MR) is 89.3 cm³/mol. The number of thioether (sulfide) groups is 1. The van der Waals surface area contributed by atoms with E-state index in [1.807, 2.05) is 24.3 Å². The molecule has 0 bridgehead atoms. The predicted octanol–water partition coefficient (Wildman–Crippen LogP) is 4.38. The van der Waals surface area contributed by atoms with Gasteiger partial charge in [-0.25, -0.2) is 0 Å². The van der Waals surface area contributed by atoms with Gasteiger partial charge in [-0.05, 0) is 27.1 Å². The molecule has 0 aliphatic carbocycles. The Hall–Kier alpha value is -1.59. The van der Waals surface area contributed by atoms with Gasteiger partial charge in [0.1, 0.15) is 0 Å². The molecule has 0 spiro atoms. The van der Waals surface area contributed by atoms with Crippen molar-refractivity contribution in [3.05, 3.63) is 76.5 Å². The molecule has 1 aromatic heterocycles. The number of benzene rings is 2. The number of hydrogen-bond acceptors (Lipinski definition) is 3. The molecule has 0 aliphatic heterocycles. The summed E-state index contributed by atoms with van der Waals surface area (Å²) < 4.78 is 2.85. The zero-order valence-corrected chi connectivity index (χ0v) is 13.7. The van der Waals surface area contributed by atoms with Crippen molar-refractivity contribution in [1.29, 1.82) is 0 Å². The fraction of sp³-hybridized carbons (Fsp3) is 0.125. The van der Waals surface area contributed by atoms with E-state index in [0.717, 1.165) is 22.2 Å². The third-order valence-corrected chi connectivity index (χ3v) is 4.69. The maximum absolute atomic E-state index is 4.26. The van der Waals surface area contributed by atoms with Crippen LogP contribution in [0.4, 0.5) is 0 Å². The van der Waals surface area contributed by atoms with Gasteiger partial charge in [-0.3, -0.25) is 4.57 Å². The number of hydrogen-bond donors (Lipinski definition) is 0. The van der Waals surface area contributed by atoms with E-state index in [9.17, 15) is 0 Å². The molecule has 3 nitrogen and oxygen atoms in total. The lowest BCUT2D eigenvalue weighted by molar-refractivity contribution is 0.695. The van der Waals surface area contributed by atoms with E-state index < -0.39 is 0 Å². The van der Waals surface area contributed by atoms with Crippen LogP contribution in [-0.4, -0.2) is 14.8 Å². The zero-order chi connectivity index (χ0) is 14.5. The van der Waals surface area contributed by atoms with Gasteiger partial charge in [0.15, 0.2) is 5.16 Å². The third-order valence-electron chi connectivity index (χ3n) is 3.07. The number of nitrogens with zero attached hydrogens (tertiary/aromatic N) is 3. The van der Waals surface area contributed by atoms with Gasteiger partial charge in [0.2, 0.25) is 4.73 Å². The minimum atomic E-state index is 0.766. The minimum Gasteiger partial charge on any atom is -0.292 e. The molecule has 0 radical (unpaired) electrons. The Morgan fingerprint density at radius 3 is 2.14 bits per heavy atom. The molecule has 0 atom stereocenters. The monoisotopic (exact) mass is 359 g/mol. The molecule has 0 amide bonds. The molecule has 2 aromatic carbocycles. The Kier molecular flexibility index (Phi) is 4.72. The summed E-state index contributed by atoms with van der Waals surface area (Å²) in [5.41, 5.74) is 2.52. The summed E-state index contributed by atoms with van der Waals surface area (Å²) in [6.45, 7) is 0.769. The van der Waals surface area contributed by atoms with Crippen molar-refractivity contribution >= 4 is 27.7 Å². The summed E-state index contributed by atoms with van der Waals surface area (Å²) in [7, 11) is 0. The highest BCUT2D eigenvalue weighted by molar-refractivity contribution is 9.10. The maximum Gasteiger partial charge on any atom is 0.201 e. The van der Waals surface area contributed by atoms with Crippen LogP contribution in [0.1, 0.15) is 11.1 Å². The highest BCUT2D eigenvalue weighted by Crippen LogP contribution is 2.24. The van der Waals surface area contributed by atoms with Crippen LogP contribution in [-0.2, 0) is 12.3 Å². The van der Waals surface area contributed by atoms with Crippen molar-refractivity contribution in [2.75, 3.05) is 0 Å². The lowest BCUT2D eigenvalue weighted by Gasteiger charge is -2.07. The van der Waals surface area contributed by atoms with E-state index in [0.29, 0.717) is 0 Å². The Bertz CT molecular complexity index is 698. The Morgan fingerprint density at radius 2 is 1.48 bits per heavy atom. The average Bonchev–Trinajstić information content (AvgIpc) is 2.88. The molecule has 0 N–H and O–H groups in total. The summed E-state index contributed by atoms with van der Waals surface area (Å²) in [4.78, 5) is 0. The standard InChI is InChI=1S/C16H14BrN3S/c17-15-18-19-16(21-12-14-9-5-2-6-10-14)20(15)11-13-7-3-1-4-8-13/h1-10H,11-12H2. The summed E-state index contributed by atoms with van der Waals surface area (Å²) >= 11 is 5.18. The maximum atomic E-state index is 4.26. The second-order valence-corrected chi connectivity index (χ2v) is 6.25. The Morgan fingerprint density at radius 1 is 0.857 bits per heavy atom. The summed E-state index contributed by atoms with van der Waals surface area (Å²) in [6, 6.07) is 20.7. The van der Waals surface area contributed by atoms with Crippen LogP contribution in [0.25, 0.3) is 0 Å². The van der Waals surface area contributed by atoms with Gasteiger partial charge in [0, 0.05) is 5.75 Å². The second kappa shape index (κ2) is 6.91. The number of halogens is 1. The van der Waals surface area contributed by atoms with E-state index >= 15 is 0 Å². The normalized spacial score (nSPS) is 10.7. The first-order valence-corrected chi connectivity index (χ1v) is 8.40. The highest BCUT2D eigenvalue weighted by atomic mass is 79.9. The van der Waals surface area contributed by atoms with E-state index in [-0.39, 0.29) is 0 Å². The number of aromatic nitrogens is 3. The zero-order valence-electron chi connectivity index (χ0n) is 11.3. The van der Waals surface area contributed by atoms with Gasteiger partial charge >= 0.3 is 0 Å². The van der Waals surface area contributed by atoms with Gasteiger partial charge in [-0.15, -0.1) is 10.2 Å². The average molecular weight is 360 g/mol. The lowest BCUT2D eigenvalue weighted by atomic mass is 10.2. The molecule has 5 heteroatoms. The van der Waals surface area contributed by atoms with Crippen molar-refractivity contribution in [2.45, 2.75) is 17.5 Å². The second-order valence-electron chi connectivity index (χ2n) is 4.60. The van der Waals surface area contributed by atoms with Crippen molar-refractivity contribution in [2.24, 2.45) is 0 Å². The van der Waals surface area contributed by atoms with Gasteiger partial charge in [-0.1, -0.05) is 72.4 Å². The molecular formula is C16H14BrN3S. The molecule has 3 rings (SSSR count). The molecule has 106 valence electrons. The van der Waals surface area contributed by atoms with Crippen LogP contribution in [0.3, 0.4) is 0 Å². The SMILES string of the molecule is Brc1nnc(SCc2ccccc2)n1Cc1ccccc1. The third kappa shape index (κ3) is 3.74. The van der Waals surface area contributed by atoms with Gasteiger partial charge in [0.05, 0.1) is 6.54 Å². The van der Waals surface area contributed by atoms with Gasteiger partial charge < -0.3 is 0 Å². The number of rotatable bonds is 5. The topological polar surface area (TPSA) is 30.7 Å². The van der Waals surface area contributed by atoms with Crippen molar-refractivity contribution in [3.8, 4) is 0 Å². The molecule has 21 heavy (non-hydrogen) atoms. The van der Waals surface area contributed by atoms with Crippen LogP contribution >= 0.6 is 27.7 Å². The smallest absolute Gasteiger partial charge is 0.201 e. The fourth-order valence-electron chi connectivity index (χ4n) is 2.00. The van der Waals surface area contributed by atoms with Crippen LogP contribution < -0.4 is 0 Å². The Labute approximate surface area is 136 Å². The molecule has 0 saturated heterocycles. The van der Waals surface area contributed by atoms with Crippen LogP contribution in [0, 0.1) is 0 Å². The highest BCUT2D eigenvalue weighted by Gasteiger charge is 2.11. The molecule has 0 aliphatic rings. The molecule has 3 aromatic rings. The van der Waals surface area contributed by atoms with Gasteiger partial charge in [0.25, 0.3) is 0 Å². The van der Waals surface area contributed by atoms with E-state index in [1.165, 1.54) is 11.1 Å².